The Morgan fingerprint density at radius 3 is 2.76 bits per heavy atom. The van der Waals surface area contributed by atoms with Crippen LogP contribution in [0.2, 0.25) is 0 Å². The summed E-state index contributed by atoms with van der Waals surface area (Å²) in [7, 11) is 3.58. The first-order valence-electron chi connectivity index (χ1n) is 8.80. The fraction of sp³-hybridized carbons (Fsp3) is 0.579. The fourth-order valence-corrected chi connectivity index (χ4v) is 3.36. The zero-order valence-electron chi connectivity index (χ0n) is 15.8. The highest BCUT2D eigenvalue weighted by Gasteiger charge is 2.25. The molecule has 6 heteroatoms. The Labute approximate surface area is 150 Å². The van der Waals surface area contributed by atoms with Crippen molar-refractivity contribution in [2.24, 2.45) is 0 Å². The Morgan fingerprint density at radius 1 is 1.48 bits per heavy atom. The molecule has 0 aliphatic carbocycles. The van der Waals surface area contributed by atoms with Crippen LogP contribution in [0.1, 0.15) is 29.7 Å². The Morgan fingerprint density at radius 2 is 2.16 bits per heavy atom. The lowest BCUT2D eigenvalue weighted by Gasteiger charge is -2.36. The molecule has 138 valence electrons. The van der Waals surface area contributed by atoms with Gasteiger partial charge in [0.2, 0.25) is 0 Å². The van der Waals surface area contributed by atoms with Crippen LogP contribution in [0.4, 0.5) is 4.79 Å². The number of methoxy groups -OCH3 is 1. The minimum atomic E-state index is -0.0286. The third-order valence-corrected chi connectivity index (χ3v) is 4.95. The second kappa shape index (κ2) is 8.85. The number of hydrogen-bond acceptors (Lipinski definition) is 4. The number of nitrogens with zero attached hydrogens (tertiary/aromatic N) is 3. The molecule has 0 aromatic carbocycles. The van der Waals surface area contributed by atoms with Gasteiger partial charge in [-0.3, -0.25) is 9.88 Å². The van der Waals surface area contributed by atoms with E-state index in [1.807, 2.05) is 25.1 Å². The molecule has 2 heterocycles. The van der Waals surface area contributed by atoms with E-state index < -0.39 is 0 Å². The number of likely N-dealkylation sites (tertiary alicyclic amines) is 1. The van der Waals surface area contributed by atoms with E-state index in [2.05, 4.69) is 28.7 Å². The summed E-state index contributed by atoms with van der Waals surface area (Å²) < 4.78 is 5.50. The number of aryl methyl sites for hydroxylation is 1. The average molecular weight is 346 g/mol. The van der Waals surface area contributed by atoms with Gasteiger partial charge in [-0.25, -0.2) is 4.79 Å². The number of amides is 2. The van der Waals surface area contributed by atoms with Crippen molar-refractivity contribution in [3.8, 4) is 5.75 Å². The molecule has 6 nitrogen and oxygen atoms in total. The van der Waals surface area contributed by atoms with Gasteiger partial charge in [-0.2, -0.15) is 0 Å². The van der Waals surface area contributed by atoms with Crippen molar-refractivity contribution < 1.29 is 9.53 Å². The van der Waals surface area contributed by atoms with E-state index in [-0.39, 0.29) is 12.1 Å². The number of carbonyl (C=O) groups excluding carboxylic acids is 1. The van der Waals surface area contributed by atoms with E-state index in [0.29, 0.717) is 6.54 Å². The number of rotatable bonds is 6. The first-order chi connectivity index (χ1) is 12.0. The molecular weight excluding hydrogens is 316 g/mol. The van der Waals surface area contributed by atoms with Gasteiger partial charge in [-0.05, 0) is 26.7 Å². The lowest BCUT2D eigenvalue weighted by Crippen LogP contribution is -2.48. The molecule has 1 aliphatic heterocycles. The molecule has 1 N–H and O–H groups in total. The molecule has 1 fully saturated rings. The predicted octanol–water partition coefficient (Wildman–Crippen LogP) is 2.50. The molecule has 0 bridgehead atoms. The molecule has 2 amide bonds. The highest BCUT2D eigenvalue weighted by atomic mass is 16.5. The van der Waals surface area contributed by atoms with Gasteiger partial charge in [0.05, 0.1) is 12.8 Å². The average Bonchev–Trinajstić information content (AvgIpc) is 2.62. The SMILES string of the molecule is C=CCNC(=O)N(C)C1CCN(Cc2ncc(C)c(OC)c2C)CC1. The summed E-state index contributed by atoms with van der Waals surface area (Å²) in [5.74, 6) is 0.929. The monoisotopic (exact) mass is 346 g/mol. The Hall–Kier alpha value is -2.08. The first kappa shape index (κ1) is 19.2. The van der Waals surface area contributed by atoms with Crippen LogP contribution in [0, 0.1) is 13.8 Å². The molecule has 2 rings (SSSR count). The Balaban J connectivity index is 1.90. The molecule has 25 heavy (non-hydrogen) atoms. The summed E-state index contributed by atoms with van der Waals surface area (Å²) in [4.78, 5) is 20.9. The summed E-state index contributed by atoms with van der Waals surface area (Å²) in [5.41, 5.74) is 3.25. The predicted molar refractivity (Wildman–Crippen MR) is 99.9 cm³/mol. The summed E-state index contributed by atoms with van der Waals surface area (Å²) in [6.45, 7) is 10.9. The second-order valence-electron chi connectivity index (χ2n) is 6.64. The van der Waals surface area contributed by atoms with Crippen molar-refractivity contribution in [2.45, 2.75) is 39.3 Å². The molecule has 0 radical (unpaired) electrons. The van der Waals surface area contributed by atoms with Crippen LogP contribution in [0.25, 0.3) is 0 Å². The number of carbonyl (C=O) groups is 1. The van der Waals surface area contributed by atoms with Crippen molar-refractivity contribution in [2.75, 3.05) is 33.8 Å². The maximum atomic E-state index is 12.1. The second-order valence-corrected chi connectivity index (χ2v) is 6.64. The van der Waals surface area contributed by atoms with E-state index >= 15 is 0 Å². The van der Waals surface area contributed by atoms with E-state index in [9.17, 15) is 4.79 Å². The molecule has 0 saturated carbocycles. The highest BCUT2D eigenvalue weighted by molar-refractivity contribution is 5.74. The van der Waals surface area contributed by atoms with Gasteiger partial charge in [0.25, 0.3) is 0 Å². The lowest BCUT2D eigenvalue weighted by atomic mass is 10.0. The molecular formula is C19H30N4O2. The van der Waals surface area contributed by atoms with E-state index in [1.54, 1.807) is 13.2 Å². The van der Waals surface area contributed by atoms with Gasteiger partial charge < -0.3 is 15.0 Å². The quantitative estimate of drug-likeness (QED) is 0.804. The number of urea groups is 1. The summed E-state index contributed by atoms with van der Waals surface area (Å²) >= 11 is 0. The lowest BCUT2D eigenvalue weighted by molar-refractivity contribution is 0.130. The van der Waals surface area contributed by atoms with Crippen molar-refractivity contribution in [3.05, 3.63) is 35.7 Å². The van der Waals surface area contributed by atoms with Gasteiger partial charge in [-0.15, -0.1) is 6.58 Å². The van der Waals surface area contributed by atoms with Crippen molar-refractivity contribution >= 4 is 6.03 Å². The number of pyridine rings is 1. The van der Waals surface area contributed by atoms with Crippen LogP contribution in [-0.2, 0) is 6.54 Å². The van der Waals surface area contributed by atoms with Crippen LogP contribution in [-0.4, -0.2) is 60.6 Å². The third-order valence-electron chi connectivity index (χ3n) is 4.95. The van der Waals surface area contributed by atoms with Crippen LogP contribution in [0.5, 0.6) is 5.75 Å². The molecule has 0 atom stereocenters. The van der Waals surface area contributed by atoms with E-state index in [1.165, 1.54) is 0 Å². The van der Waals surface area contributed by atoms with Crippen molar-refractivity contribution in [1.82, 2.24) is 20.1 Å². The third kappa shape index (κ3) is 4.72. The summed E-state index contributed by atoms with van der Waals surface area (Å²) in [5, 5.41) is 2.84. The minimum Gasteiger partial charge on any atom is -0.496 e. The van der Waals surface area contributed by atoms with Crippen molar-refractivity contribution in [1.29, 1.82) is 0 Å². The van der Waals surface area contributed by atoms with Gasteiger partial charge in [-0.1, -0.05) is 6.08 Å². The Kier molecular flexibility index (Phi) is 6.82. The van der Waals surface area contributed by atoms with Gasteiger partial charge in [0.15, 0.2) is 0 Å². The fourth-order valence-electron chi connectivity index (χ4n) is 3.36. The van der Waals surface area contributed by atoms with Crippen LogP contribution < -0.4 is 10.1 Å². The van der Waals surface area contributed by atoms with E-state index in [4.69, 9.17) is 4.74 Å². The number of hydrogen-bond donors (Lipinski definition) is 1. The van der Waals surface area contributed by atoms with Crippen LogP contribution >= 0.6 is 0 Å². The molecule has 1 aliphatic rings. The zero-order chi connectivity index (χ0) is 18.4. The van der Waals surface area contributed by atoms with Crippen molar-refractivity contribution in [3.63, 3.8) is 0 Å². The van der Waals surface area contributed by atoms with Gasteiger partial charge in [0, 0.05) is 56.6 Å². The molecule has 0 spiro atoms. The van der Waals surface area contributed by atoms with Gasteiger partial charge >= 0.3 is 6.03 Å². The molecule has 1 aromatic heterocycles. The molecule has 1 aromatic rings. The Bertz CT molecular complexity index is 610. The molecule has 1 saturated heterocycles. The van der Waals surface area contributed by atoms with E-state index in [0.717, 1.165) is 55.0 Å². The summed E-state index contributed by atoms with van der Waals surface area (Å²) in [6, 6.07) is 0.252. The smallest absolute Gasteiger partial charge is 0.317 e. The molecule has 0 unspecified atom stereocenters. The topological polar surface area (TPSA) is 57.7 Å². The summed E-state index contributed by atoms with van der Waals surface area (Å²) in [6.07, 6.45) is 5.52. The number of piperidine rings is 1. The maximum absolute atomic E-state index is 12.1. The normalized spacial score (nSPS) is 15.7. The van der Waals surface area contributed by atoms with Crippen LogP contribution in [0.15, 0.2) is 18.9 Å². The number of nitrogens with one attached hydrogen (secondary N) is 1. The number of ether oxygens (including phenoxy) is 1. The standard InChI is InChI=1S/C19H30N4O2/c1-6-9-20-19(24)22(4)16-7-10-23(11-8-16)13-17-15(3)18(25-5)14(2)12-21-17/h6,12,16H,1,7-11,13H2,2-5H3,(H,20,24). The first-order valence-corrected chi connectivity index (χ1v) is 8.80. The largest absolute Gasteiger partial charge is 0.496 e. The minimum absolute atomic E-state index is 0.0286. The maximum Gasteiger partial charge on any atom is 0.317 e. The zero-order valence-corrected chi connectivity index (χ0v) is 15.8. The number of aromatic nitrogens is 1. The van der Waals surface area contributed by atoms with Crippen LogP contribution in [0.3, 0.4) is 0 Å². The van der Waals surface area contributed by atoms with Gasteiger partial charge in [0.1, 0.15) is 5.75 Å². The highest BCUT2D eigenvalue weighted by Crippen LogP contribution is 2.26.